The van der Waals surface area contributed by atoms with Crippen LogP contribution in [0, 0.1) is 5.92 Å². The Morgan fingerprint density at radius 3 is 1.86 bits per heavy atom. The summed E-state index contributed by atoms with van der Waals surface area (Å²) in [4.78, 5) is 11.9. The van der Waals surface area contributed by atoms with Gasteiger partial charge in [0.25, 0.3) is 0 Å². The molecule has 0 spiro atoms. The van der Waals surface area contributed by atoms with E-state index in [1.54, 1.807) is 24.3 Å². The SMILES string of the molecule is CCCCCCCCCCC(C)CCCCCCCCCCCOC(=O)C=Cc1ccc(O)c(OC)c1. The van der Waals surface area contributed by atoms with E-state index in [0.717, 1.165) is 24.3 Å². The van der Waals surface area contributed by atoms with E-state index in [2.05, 4.69) is 13.8 Å². The van der Waals surface area contributed by atoms with Gasteiger partial charge >= 0.3 is 5.97 Å². The molecule has 4 heteroatoms. The first-order chi connectivity index (χ1) is 18.1. The number of aromatic hydroxyl groups is 1. The van der Waals surface area contributed by atoms with E-state index >= 15 is 0 Å². The van der Waals surface area contributed by atoms with Gasteiger partial charge in [-0.05, 0) is 36.1 Å². The Kier molecular flexibility index (Phi) is 20.7. The van der Waals surface area contributed by atoms with Gasteiger partial charge in [0.1, 0.15) is 0 Å². The minimum absolute atomic E-state index is 0.0800. The van der Waals surface area contributed by atoms with Gasteiger partial charge in [0.05, 0.1) is 13.7 Å². The van der Waals surface area contributed by atoms with Gasteiger partial charge in [0.15, 0.2) is 11.5 Å². The van der Waals surface area contributed by atoms with E-state index in [4.69, 9.17) is 9.47 Å². The molecule has 0 saturated carbocycles. The van der Waals surface area contributed by atoms with E-state index in [0.29, 0.717) is 12.4 Å². The van der Waals surface area contributed by atoms with Gasteiger partial charge in [-0.1, -0.05) is 135 Å². The Morgan fingerprint density at radius 1 is 0.811 bits per heavy atom. The van der Waals surface area contributed by atoms with E-state index < -0.39 is 0 Å². The second kappa shape index (κ2) is 23.2. The van der Waals surface area contributed by atoms with E-state index in [1.165, 1.54) is 122 Å². The number of rotatable bonds is 24. The lowest BCUT2D eigenvalue weighted by Gasteiger charge is -2.11. The molecule has 1 aromatic carbocycles. The third-order valence-electron chi connectivity index (χ3n) is 7.25. The molecule has 0 amide bonds. The van der Waals surface area contributed by atoms with Gasteiger partial charge < -0.3 is 14.6 Å². The number of hydrogen-bond donors (Lipinski definition) is 1. The van der Waals surface area contributed by atoms with E-state index in [-0.39, 0.29) is 11.7 Å². The minimum Gasteiger partial charge on any atom is -0.504 e. The first-order valence-corrected chi connectivity index (χ1v) is 15.3. The lowest BCUT2D eigenvalue weighted by molar-refractivity contribution is -0.137. The van der Waals surface area contributed by atoms with Crippen molar-refractivity contribution in [2.75, 3.05) is 13.7 Å². The molecular formula is C33H56O4. The maximum atomic E-state index is 11.9. The van der Waals surface area contributed by atoms with Gasteiger partial charge in [0.2, 0.25) is 0 Å². The van der Waals surface area contributed by atoms with Crippen LogP contribution in [-0.4, -0.2) is 24.8 Å². The molecule has 1 atom stereocenters. The smallest absolute Gasteiger partial charge is 0.330 e. The molecule has 0 aliphatic heterocycles. The third-order valence-corrected chi connectivity index (χ3v) is 7.25. The largest absolute Gasteiger partial charge is 0.504 e. The Hall–Kier alpha value is -1.97. The molecule has 0 heterocycles. The summed E-state index contributed by atoms with van der Waals surface area (Å²) in [5.41, 5.74) is 0.778. The Bertz CT molecular complexity index is 712. The van der Waals surface area contributed by atoms with Gasteiger partial charge in [-0.15, -0.1) is 0 Å². The third kappa shape index (κ3) is 18.9. The zero-order valence-corrected chi connectivity index (χ0v) is 24.3. The molecule has 0 aromatic heterocycles. The molecule has 0 fully saturated rings. The van der Waals surface area contributed by atoms with Crippen LogP contribution in [0.2, 0.25) is 0 Å². The first-order valence-electron chi connectivity index (χ1n) is 15.3. The molecule has 4 nitrogen and oxygen atoms in total. The van der Waals surface area contributed by atoms with Crippen LogP contribution in [0.15, 0.2) is 24.3 Å². The molecule has 0 aliphatic carbocycles. The molecule has 0 aliphatic rings. The first kappa shape index (κ1) is 33.1. The molecule has 1 N–H and O–H groups in total. The number of carbonyl (C=O) groups is 1. The van der Waals surface area contributed by atoms with Crippen LogP contribution in [0.25, 0.3) is 6.08 Å². The van der Waals surface area contributed by atoms with Crippen molar-refractivity contribution < 1.29 is 19.4 Å². The summed E-state index contributed by atoms with van der Waals surface area (Å²) in [7, 11) is 1.50. The molecule has 0 radical (unpaired) electrons. The Balaban J connectivity index is 1.87. The van der Waals surface area contributed by atoms with Crippen LogP contribution < -0.4 is 4.74 Å². The quantitative estimate of drug-likeness (QED) is 0.0843. The molecular weight excluding hydrogens is 460 g/mol. The zero-order valence-electron chi connectivity index (χ0n) is 24.3. The summed E-state index contributed by atoms with van der Waals surface area (Å²) in [6, 6.07) is 4.95. The number of unbranched alkanes of at least 4 members (excludes halogenated alkanes) is 15. The van der Waals surface area contributed by atoms with Crippen molar-refractivity contribution in [3.63, 3.8) is 0 Å². The molecule has 1 aromatic rings. The highest BCUT2D eigenvalue weighted by Crippen LogP contribution is 2.26. The number of phenols is 1. The second-order valence-corrected chi connectivity index (χ2v) is 10.8. The highest BCUT2D eigenvalue weighted by molar-refractivity contribution is 5.87. The number of esters is 1. The van der Waals surface area contributed by atoms with Gasteiger partial charge in [-0.3, -0.25) is 0 Å². The van der Waals surface area contributed by atoms with Crippen molar-refractivity contribution >= 4 is 12.0 Å². The molecule has 0 saturated heterocycles. The Morgan fingerprint density at radius 2 is 1.32 bits per heavy atom. The summed E-state index contributed by atoms with van der Waals surface area (Å²) < 4.78 is 10.4. The highest BCUT2D eigenvalue weighted by atomic mass is 16.5. The van der Waals surface area contributed by atoms with Gasteiger partial charge in [0, 0.05) is 6.08 Å². The number of carbonyl (C=O) groups excluding carboxylic acids is 1. The highest BCUT2D eigenvalue weighted by Gasteiger charge is 2.03. The molecule has 0 bridgehead atoms. The standard InChI is InChI=1S/C33H56O4/c1-4-5-6-7-8-12-15-18-21-29(2)22-19-16-13-10-9-11-14-17-20-27-37-33(35)26-24-30-23-25-31(34)32(28-30)36-3/h23-26,28-29,34H,4-22,27H2,1-3H3. The fourth-order valence-corrected chi connectivity index (χ4v) is 4.79. The second-order valence-electron chi connectivity index (χ2n) is 10.8. The minimum atomic E-state index is -0.334. The fourth-order valence-electron chi connectivity index (χ4n) is 4.79. The van der Waals surface area contributed by atoms with Crippen molar-refractivity contribution in [1.29, 1.82) is 0 Å². The molecule has 212 valence electrons. The topological polar surface area (TPSA) is 55.8 Å². The van der Waals surface area contributed by atoms with Crippen molar-refractivity contribution in [1.82, 2.24) is 0 Å². The van der Waals surface area contributed by atoms with Crippen molar-refractivity contribution in [2.45, 2.75) is 136 Å². The van der Waals surface area contributed by atoms with Crippen LogP contribution in [0.1, 0.15) is 141 Å². The average Bonchev–Trinajstić information content (AvgIpc) is 2.90. The number of hydrogen-bond acceptors (Lipinski definition) is 4. The van der Waals surface area contributed by atoms with Crippen LogP contribution in [-0.2, 0) is 9.53 Å². The molecule has 1 unspecified atom stereocenters. The summed E-state index contributed by atoms with van der Waals surface area (Å²) in [6.07, 6.45) is 28.7. The van der Waals surface area contributed by atoms with Crippen LogP contribution in [0.3, 0.4) is 0 Å². The predicted molar refractivity (Wildman–Crippen MR) is 157 cm³/mol. The van der Waals surface area contributed by atoms with Crippen LogP contribution >= 0.6 is 0 Å². The summed E-state index contributed by atoms with van der Waals surface area (Å²) in [5, 5.41) is 9.62. The fraction of sp³-hybridized carbons (Fsp3) is 0.727. The van der Waals surface area contributed by atoms with Crippen molar-refractivity contribution in [3.8, 4) is 11.5 Å². The number of benzene rings is 1. The van der Waals surface area contributed by atoms with E-state index in [9.17, 15) is 9.90 Å². The van der Waals surface area contributed by atoms with Crippen LogP contribution in [0.4, 0.5) is 0 Å². The number of methoxy groups -OCH3 is 1. The number of ether oxygens (including phenoxy) is 2. The Labute approximate surface area is 228 Å². The summed E-state index contributed by atoms with van der Waals surface area (Å²) in [5.74, 6) is 1.03. The van der Waals surface area contributed by atoms with Crippen molar-refractivity contribution in [3.05, 3.63) is 29.8 Å². The lowest BCUT2D eigenvalue weighted by atomic mass is 9.95. The summed E-state index contributed by atoms with van der Waals surface area (Å²) in [6.45, 7) is 5.20. The lowest BCUT2D eigenvalue weighted by Crippen LogP contribution is -2.02. The normalized spacial score (nSPS) is 12.2. The maximum Gasteiger partial charge on any atom is 0.330 e. The van der Waals surface area contributed by atoms with Crippen LogP contribution in [0.5, 0.6) is 11.5 Å². The zero-order chi connectivity index (χ0) is 27.0. The molecule has 37 heavy (non-hydrogen) atoms. The monoisotopic (exact) mass is 516 g/mol. The van der Waals surface area contributed by atoms with Crippen molar-refractivity contribution in [2.24, 2.45) is 5.92 Å². The predicted octanol–water partition coefficient (Wildman–Crippen LogP) is 10.0. The summed E-state index contributed by atoms with van der Waals surface area (Å²) >= 11 is 0. The molecule has 1 rings (SSSR count). The van der Waals surface area contributed by atoms with E-state index in [1.807, 2.05) is 0 Å². The maximum absolute atomic E-state index is 11.9. The van der Waals surface area contributed by atoms with Gasteiger partial charge in [-0.25, -0.2) is 4.79 Å². The number of phenolic OH excluding ortho intramolecular Hbond substituents is 1. The average molecular weight is 517 g/mol. The van der Waals surface area contributed by atoms with Gasteiger partial charge in [-0.2, -0.15) is 0 Å².